The van der Waals surface area contributed by atoms with Crippen molar-refractivity contribution in [3.8, 4) is 0 Å². The van der Waals surface area contributed by atoms with Crippen LogP contribution in [0.5, 0.6) is 0 Å². The monoisotopic (exact) mass is 706 g/mol. The van der Waals surface area contributed by atoms with E-state index in [2.05, 4.69) is 48.2 Å². The van der Waals surface area contributed by atoms with Gasteiger partial charge in [-0.25, -0.2) is 16.8 Å². The van der Waals surface area contributed by atoms with Gasteiger partial charge in [0.05, 0.1) is 13.2 Å². The maximum atomic E-state index is 10.6. The van der Waals surface area contributed by atoms with Crippen molar-refractivity contribution in [2.75, 3.05) is 13.2 Å². The van der Waals surface area contributed by atoms with E-state index in [4.69, 9.17) is 0 Å². The molecule has 45 heavy (non-hydrogen) atoms. The van der Waals surface area contributed by atoms with Gasteiger partial charge in [0.2, 0.25) is 20.8 Å². The summed E-state index contributed by atoms with van der Waals surface area (Å²) in [6.07, 6.45) is 33.5. The van der Waals surface area contributed by atoms with Crippen LogP contribution in [0.25, 0.3) is 0 Å². The molecule has 0 spiro atoms. The van der Waals surface area contributed by atoms with Crippen LogP contribution in [0.4, 0.5) is 0 Å². The van der Waals surface area contributed by atoms with Crippen molar-refractivity contribution >= 4 is 58.5 Å². The largest absolute Gasteiger partial charge is 2.00 e. The summed E-state index contributed by atoms with van der Waals surface area (Å²) in [5.74, 6) is 0.0491. The molecule has 0 fully saturated rings. The van der Waals surface area contributed by atoms with Crippen molar-refractivity contribution in [3.05, 3.63) is 24.3 Å². The molecule has 0 aliphatic carbocycles. The first-order valence-corrected chi connectivity index (χ1v) is 20.2. The van der Waals surface area contributed by atoms with Crippen LogP contribution < -0.4 is 0 Å². The summed E-state index contributed by atoms with van der Waals surface area (Å²) in [6, 6.07) is 0. The molecular weight excluding hydrogens is 641 g/mol. The van der Waals surface area contributed by atoms with Gasteiger partial charge in [0.1, 0.15) is 0 Å². The molecule has 2 atom stereocenters. The van der Waals surface area contributed by atoms with Gasteiger partial charge in [-0.1, -0.05) is 155 Å². The first-order chi connectivity index (χ1) is 21.0. The molecule has 0 saturated carbocycles. The zero-order valence-electron chi connectivity index (χ0n) is 29.2. The summed E-state index contributed by atoms with van der Waals surface area (Å²) in [5, 5.41) is 0. The Balaban J connectivity index is -0.000000767. The molecule has 0 heterocycles. The van der Waals surface area contributed by atoms with Crippen molar-refractivity contribution in [2.45, 2.75) is 169 Å². The summed E-state index contributed by atoms with van der Waals surface area (Å²) in [5.41, 5.74) is 0. The van der Waals surface area contributed by atoms with E-state index in [1.165, 1.54) is 77.0 Å². The Labute approximate surface area is 308 Å². The van der Waals surface area contributed by atoms with E-state index < -0.39 is 20.8 Å². The number of hydrogen-bond acceptors (Lipinski definition) is 8. The molecule has 0 radical (unpaired) electrons. The fourth-order valence-corrected chi connectivity index (χ4v) is 5.47. The molecule has 0 aromatic heterocycles. The Hall–Kier alpha value is 0.480. The summed E-state index contributed by atoms with van der Waals surface area (Å²) in [6.45, 7) is 8.68. The minimum absolute atomic E-state index is 0. The van der Waals surface area contributed by atoms with Crippen molar-refractivity contribution in [1.82, 2.24) is 0 Å². The minimum atomic E-state index is -4.58. The summed E-state index contributed by atoms with van der Waals surface area (Å²) in [4.78, 5) is 0. The quantitative estimate of drug-likeness (QED) is 0.0237. The number of rotatable bonds is 30. The van der Waals surface area contributed by atoms with Gasteiger partial charge in [-0.2, -0.15) is 0 Å². The minimum Gasteiger partial charge on any atom is -0.726 e. The molecule has 0 rings (SSSR count). The summed E-state index contributed by atoms with van der Waals surface area (Å²) < 4.78 is 72.4. The molecule has 0 aliphatic heterocycles. The van der Waals surface area contributed by atoms with Gasteiger partial charge >= 0.3 is 37.7 Å². The Morgan fingerprint density at radius 1 is 0.489 bits per heavy atom. The van der Waals surface area contributed by atoms with Crippen LogP contribution in [0.15, 0.2) is 24.3 Å². The van der Waals surface area contributed by atoms with Crippen LogP contribution in [0.2, 0.25) is 0 Å². The zero-order chi connectivity index (χ0) is 33.4. The van der Waals surface area contributed by atoms with Gasteiger partial charge < -0.3 is 9.11 Å². The molecule has 0 bridgehead atoms. The van der Waals surface area contributed by atoms with Crippen LogP contribution in [0.1, 0.15) is 169 Å². The van der Waals surface area contributed by atoms with Gasteiger partial charge in [-0.05, 0) is 38.5 Å². The molecule has 0 aliphatic rings. The summed E-state index contributed by atoms with van der Waals surface area (Å²) >= 11 is 0. The predicted octanol–water partition coefficient (Wildman–Crippen LogP) is 9.55. The van der Waals surface area contributed by atoms with E-state index in [9.17, 15) is 25.9 Å². The first-order valence-electron chi connectivity index (χ1n) is 17.5. The molecule has 0 amide bonds. The number of unbranched alkanes of at least 4 members (excludes halogenated alkanes) is 16. The van der Waals surface area contributed by atoms with Crippen LogP contribution in [-0.2, 0) is 29.2 Å². The average Bonchev–Trinajstić information content (AvgIpc) is 2.96. The number of allylic oxidation sites excluding steroid dienone is 2. The molecule has 0 N–H and O–H groups in total. The maximum absolute atomic E-state index is 10.6. The third-order valence-corrected chi connectivity index (χ3v) is 8.32. The predicted molar refractivity (Wildman–Crippen MR) is 187 cm³/mol. The third kappa shape index (κ3) is 44.5. The van der Waals surface area contributed by atoms with Gasteiger partial charge in [-0.3, -0.25) is 8.37 Å². The first kappa shape index (κ1) is 49.9. The van der Waals surface area contributed by atoms with Gasteiger partial charge in [0.15, 0.2) is 0 Å². The van der Waals surface area contributed by atoms with Crippen molar-refractivity contribution in [3.63, 3.8) is 0 Å². The van der Waals surface area contributed by atoms with Crippen molar-refractivity contribution in [2.24, 2.45) is 11.8 Å². The molecule has 0 aromatic rings. The van der Waals surface area contributed by atoms with Crippen LogP contribution >= 0.6 is 0 Å². The molecule has 2 unspecified atom stereocenters. The molecule has 11 heteroatoms. The van der Waals surface area contributed by atoms with E-state index in [0.717, 1.165) is 64.2 Å². The standard InChI is InChI=1S/2C17H34O4S.Ca/c2*1-3-5-7-9-11-13-15-17(16-21-22(18,19)20)14-12-10-8-6-4-2;/h2*13,15,17H,3-12,14,16H2,1-2H3,(H,18,19,20);/q;;+2/p-2/b2*15-13+;. The second-order valence-electron chi connectivity index (χ2n) is 11.9. The van der Waals surface area contributed by atoms with Gasteiger partial charge in [0, 0.05) is 11.8 Å². The second-order valence-corrected chi connectivity index (χ2v) is 14.0. The topological polar surface area (TPSA) is 133 Å². The smallest absolute Gasteiger partial charge is 0.726 e. The Bertz CT molecular complexity index is 805. The van der Waals surface area contributed by atoms with Crippen LogP contribution in [0.3, 0.4) is 0 Å². The van der Waals surface area contributed by atoms with Crippen molar-refractivity contribution < 1.29 is 34.3 Å². The van der Waals surface area contributed by atoms with Gasteiger partial charge in [0.25, 0.3) is 0 Å². The Morgan fingerprint density at radius 2 is 0.778 bits per heavy atom. The second kappa shape index (κ2) is 35.8. The fourth-order valence-electron chi connectivity index (χ4n) is 4.79. The molecule has 8 nitrogen and oxygen atoms in total. The van der Waals surface area contributed by atoms with E-state index in [1.807, 2.05) is 12.2 Å². The maximum Gasteiger partial charge on any atom is 2.00 e. The van der Waals surface area contributed by atoms with Crippen LogP contribution in [0, 0.1) is 11.8 Å². The van der Waals surface area contributed by atoms with E-state index in [-0.39, 0.29) is 62.8 Å². The zero-order valence-corrected chi connectivity index (χ0v) is 33.1. The van der Waals surface area contributed by atoms with Crippen LogP contribution in [-0.4, -0.2) is 76.9 Å². The molecular formula is C34H66CaO8S2. The Kier molecular flexibility index (Phi) is 39.6. The number of hydrogen-bond donors (Lipinski definition) is 0. The van der Waals surface area contributed by atoms with E-state index in [0.29, 0.717) is 0 Å². The SMILES string of the molecule is CCCCCC/C=C/C(CCCCCCC)COS(=O)(=O)[O-].CCCCCC/C=C/C(CCCCCCC)COS(=O)(=O)[O-].[Ca+2]. The van der Waals surface area contributed by atoms with E-state index in [1.54, 1.807) is 0 Å². The third-order valence-electron chi connectivity index (χ3n) is 7.48. The molecule has 264 valence electrons. The molecule has 0 saturated heterocycles. The van der Waals surface area contributed by atoms with Gasteiger partial charge in [-0.15, -0.1) is 0 Å². The molecule has 0 aromatic carbocycles. The Morgan fingerprint density at radius 3 is 1.07 bits per heavy atom. The summed E-state index contributed by atoms with van der Waals surface area (Å²) in [7, 11) is -9.17. The average molecular weight is 707 g/mol. The van der Waals surface area contributed by atoms with Crippen molar-refractivity contribution in [1.29, 1.82) is 0 Å². The van der Waals surface area contributed by atoms with E-state index >= 15 is 0 Å². The normalized spacial score (nSPS) is 13.5. The fraction of sp³-hybridized carbons (Fsp3) is 0.882.